The second kappa shape index (κ2) is 5.13. The maximum absolute atomic E-state index is 12.2. The Labute approximate surface area is 119 Å². The van der Waals surface area contributed by atoms with Crippen LogP contribution in [0.3, 0.4) is 0 Å². The number of benzene rings is 1. The highest BCUT2D eigenvalue weighted by Crippen LogP contribution is 2.36. The fourth-order valence-corrected chi connectivity index (χ4v) is 2.70. The molecule has 1 aliphatic rings. The minimum Gasteiger partial charge on any atom is -0.486 e. The first-order chi connectivity index (χ1) is 8.80. The molecule has 0 amide bonds. The quantitative estimate of drug-likeness (QED) is 0.779. The summed E-state index contributed by atoms with van der Waals surface area (Å²) in [7, 11) is -3.43. The zero-order valence-corrected chi connectivity index (χ0v) is 12.9. The van der Waals surface area contributed by atoms with E-state index in [4.69, 9.17) is 9.47 Å². The summed E-state index contributed by atoms with van der Waals surface area (Å²) in [5, 5.41) is -1.09. The predicted molar refractivity (Wildman–Crippen MR) is 73.8 cm³/mol. The van der Waals surface area contributed by atoms with Gasteiger partial charge in [0.2, 0.25) is 0 Å². The van der Waals surface area contributed by atoms with Gasteiger partial charge in [0.05, 0.1) is 0 Å². The van der Waals surface area contributed by atoms with Gasteiger partial charge in [0.25, 0.3) is 0 Å². The van der Waals surface area contributed by atoms with E-state index in [1.165, 1.54) is 13.0 Å². The molecule has 1 unspecified atom stereocenters. The number of ketones is 1. The molecule has 1 aromatic rings. The molecule has 0 spiro atoms. The van der Waals surface area contributed by atoms with Crippen LogP contribution in [0.15, 0.2) is 16.6 Å². The number of rotatable bonds is 3. The van der Waals surface area contributed by atoms with E-state index >= 15 is 0 Å². The van der Waals surface area contributed by atoms with E-state index in [-0.39, 0.29) is 5.56 Å². The summed E-state index contributed by atoms with van der Waals surface area (Å²) < 4.78 is 34.2. The molecule has 19 heavy (non-hydrogen) atoms. The summed E-state index contributed by atoms with van der Waals surface area (Å²) in [6.45, 7) is 2.23. The largest absolute Gasteiger partial charge is 0.486 e. The minimum absolute atomic E-state index is 0.280. The van der Waals surface area contributed by atoms with Crippen LogP contribution >= 0.6 is 15.9 Å². The molecule has 0 N–H and O–H groups in total. The van der Waals surface area contributed by atoms with Crippen molar-refractivity contribution in [2.24, 2.45) is 0 Å². The Balaban J connectivity index is 2.43. The van der Waals surface area contributed by atoms with E-state index < -0.39 is 20.9 Å². The number of sulfone groups is 1. The Morgan fingerprint density at radius 1 is 1.26 bits per heavy atom. The first-order valence-electron chi connectivity index (χ1n) is 5.63. The van der Waals surface area contributed by atoms with Crippen LogP contribution in [0.4, 0.5) is 0 Å². The molecule has 7 heteroatoms. The lowest BCUT2D eigenvalue weighted by Gasteiger charge is -2.20. The molecule has 0 aromatic heterocycles. The van der Waals surface area contributed by atoms with Crippen LogP contribution in [0.5, 0.6) is 11.5 Å². The third-order valence-electron chi connectivity index (χ3n) is 2.91. The number of hydrogen-bond acceptors (Lipinski definition) is 5. The Kier molecular flexibility index (Phi) is 3.87. The maximum Gasteiger partial charge on any atom is 0.181 e. The zero-order chi connectivity index (χ0) is 14.2. The highest BCUT2D eigenvalue weighted by Gasteiger charge is 2.28. The lowest BCUT2D eigenvalue weighted by molar-refractivity contribution is 0.0989. The molecule has 104 valence electrons. The van der Waals surface area contributed by atoms with Crippen molar-refractivity contribution in [2.75, 3.05) is 19.5 Å². The molecule has 0 bridgehead atoms. The van der Waals surface area contributed by atoms with Crippen LogP contribution in [0, 0.1) is 0 Å². The number of fused-ring (bicyclic) bond motifs is 1. The van der Waals surface area contributed by atoms with E-state index in [0.717, 1.165) is 6.26 Å². The molecule has 2 rings (SSSR count). The van der Waals surface area contributed by atoms with E-state index in [9.17, 15) is 13.2 Å². The van der Waals surface area contributed by atoms with Gasteiger partial charge in [-0.2, -0.15) is 0 Å². The summed E-state index contributed by atoms with van der Waals surface area (Å²) in [6, 6.07) is 3.14. The molecule has 5 nitrogen and oxygen atoms in total. The summed E-state index contributed by atoms with van der Waals surface area (Å²) >= 11 is 3.26. The summed E-state index contributed by atoms with van der Waals surface area (Å²) in [5.41, 5.74) is 0.280. The van der Waals surface area contributed by atoms with Crippen molar-refractivity contribution in [3.8, 4) is 11.5 Å². The van der Waals surface area contributed by atoms with Gasteiger partial charge in [0, 0.05) is 16.3 Å². The van der Waals surface area contributed by atoms with Crippen molar-refractivity contribution >= 4 is 31.6 Å². The van der Waals surface area contributed by atoms with Crippen LogP contribution in [0.2, 0.25) is 0 Å². The van der Waals surface area contributed by atoms with E-state index in [2.05, 4.69) is 15.9 Å². The third kappa shape index (κ3) is 2.92. The number of halogens is 1. The van der Waals surface area contributed by atoms with E-state index in [0.29, 0.717) is 29.2 Å². The molecule has 1 aliphatic heterocycles. The number of hydrogen-bond donors (Lipinski definition) is 0. The topological polar surface area (TPSA) is 69.7 Å². The SMILES string of the molecule is CC(C(=O)c1cc2c(cc1Br)OCCO2)S(C)(=O)=O. The van der Waals surface area contributed by atoms with Gasteiger partial charge in [-0.25, -0.2) is 8.42 Å². The van der Waals surface area contributed by atoms with Gasteiger partial charge in [0.1, 0.15) is 18.5 Å². The average Bonchev–Trinajstić information content (AvgIpc) is 2.35. The molecular formula is C12H13BrO5S. The van der Waals surface area contributed by atoms with Gasteiger partial charge in [0.15, 0.2) is 27.1 Å². The van der Waals surface area contributed by atoms with Crippen molar-refractivity contribution in [2.45, 2.75) is 12.2 Å². The smallest absolute Gasteiger partial charge is 0.181 e. The van der Waals surface area contributed by atoms with Crippen LogP contribution in [0.1, 0.15) is 17.3 Å². The van der Waals surface area contributed by atoms with Crippen molar-refractivity contribution in [3.05, 3.63) is 22.2 Å². The van der Waals surface area contributed by atoms with Crippen molar-refractivity contribution in [1.82, 2.24) is 0 Å². The van der Waals surface area contributed by atoms with Crippen LogP contribution in [-0.2, 0) is 9.84 Å². The molecule has 1 heterocycles. The highest BCUT2D eigenvalue weighted by atomic mass is 79.9. The standard InChI is InChI=1S/C12H13BrO5S/c1-7(19(2,15)16)12(14)8-5-10-11(6-9(8)13)18-4-3-17-10/h5-7H,3-4H2,1-2H3. The number of ether oxygens (including phenoxy) is 2. The van der Waals surface area contributed by atoms with Crippen molar-refractivity contribution in [3.63, 3.8) is 0 Å². The molecule has 0 radical (unpaired) electrons. The Bertz CT molecular complexity index is 623. The molecule has 0 aliphatic carbocycles. The lowest BCUT2D eigenvalue weighted by atomic mass is 10.1. The first-order valence-corrected chi connectivity index (χ1v) is 8.37. The molecule has 0 saturated heterocycles. The summed E-state index contributed by atoms with van der Waals surface area (Å²) in [4.78, 5) is 12.2. The summed E-state index contributed by atoms with van der Waals surface area (Å²) in [6.07, 6.45) is 1.04. The maximum atomic E-state index is 12.2. The second-order valence-corrected chi connectivity index (χ2v) is 7.53. The number of Topliss-reactive ketones (excluding diaryl/α,β-unsaturated/α-hetero) is 1. The summed E-state index contributed by atoms with van der Waals surface area (Å²) in [5.74, 6) is 0.534. The fourth-order valence-electron chi connectivity index (χ4n) is 1.67. The van der Waals surface area contributed by atoms with Crippen molar-refractivity contribution < 1.29 is 22.7 Å². The van der Waals surface area contributed by atoms with E-state index in [1.54, 1.807) is 6.07 Å². The zero-order valence-electron chi connectivity index (χ0n) is 10.5. The molecular weight excluding hydrogens is 336 g/mol. The first kappa shape index (κ1) is 14.3. The van der Waals surface area contributed by atoms with Crippen molar-refractivity contribution in [1.29, 1.82) is 0 Å². The Hall–Kier alpha value is -1.08. The molecule has 0 saturated carbocycles. The van der Waals surface area contributed by atoms with Crippen LogP contribution < -0.4 is 9.47 Å². The highest BCUT2D eigenvalue weighted by molar-refractivity contribution is 9.10. The van der Waals surface area contributed by atoms with Gasteiger partial charge in [-0.15, -0.1) is 0 Å². The van der Waals surface area contributed by atoms with Crippen LogP contribution in [-0.4, -0.2) is 38.9 Å². The Morgan fingerprint density at radius 2 is 1.79 bits per heavy atom. The monoisotopic (exact) mass is 348 g/mol. The minimum atomic E-state index is -3.43. The predicted octanol–water partition coefficient (Wildman–Crippen LogP) is 1.84. The third-order valence-corrected chi connectivity index (χ3v) is 5.06. The second-order valence-electron chi connectivity index (χ2n) is 4.31. The van der Waals surface area contributed by atoms with Gasteiger partial charge < -0.3 is 9.47 Å². The molecule has 1 aromatic carbocycles. The van der Waals surface area contributed by atoms with Gasteiger partial charge in [-0.3, -0.25) is 4.79 Å². The molecule has 0 fully saturated rings. The van der Waals surface area contributed by atoms with Crippen LogP contribution in [0.25, 0.3) is 0 Å². The fraction of sp³-hybridized carbons (Fsp3) is 0.417. The Morgan fingerprint density at radius 3 is 2.32 bits per heavy atom. The lowest BCUT2D eigenvalue weighted by Crippen LogP contribution is -2.27. The van der Waals surface area contributed by atoms with Gasteiger partial charge in [-0.05, 0) is 35.0 Å². The normalized spacial score (nSPS) is 15.9. The number of carbonyl (C=O) groups is 1. The van der Waals surface area contributed by atoms with Gasteiger partial charge >= 0.3 is 0 Å². The van der Waals surface area contributed by atoms with Gasteiger partial charge in [-0.1, -0.05) is 0 Å². The van der Waals surface area contributed by atoms with E-state index in [1.807, 2.05) is 0 Å². The molecule has 1 atom stereocenters. The average molecular weight is 349 g/mol. The number of carbonyl (C=O) groups excluding carboxylic acids is 1.